The Labute approximate surface area is 130 Å². The van der Waals surface area contributed by atoms with Crippen LogP contribution in [0.15, 0.2) is 30.3 Å². The number of nitrogens with zero attached hydrogens (tertiary/aromatic N) is 1. The maximum absolute atomic E-state index is 13.8. The number of hydrogen-bond acceptors (Lipinski definition) is 3. The fourth-order valence-electron chi connectivity index (χ4n) is 2.63. The molecule has 2 aromatic rings. The quantitative estimate of drug-likeness (QED) is 0.912. The van der Waals surface area contributed by atoms with Gasteiger partial charge in [0.1, 0.15) is 17.5 Å². The van der Waals surface area contributed by atoms with E-state index in [1.54, 1.807) is 23.1 Å². The second kappa shape index (κ2) is 5.92. The predicted octanol–water partition coefficient (Wildman–Crippen LogP) is 2.27. The van der Waals surface area contributed by atoms with E-state index < -0.39 is 23.4 Å². The lowest BCUT2D eigenvalue weighted by molar-refractivity contribution is 0.100. The van der Waals surface area contributed by atoms with Gasteiger partial charge in [0.2, 0.25) is 5.91 Å². The van der Waals surface area contributed by atoms with Crippen LogP contribution in [0.4, 0.5) is 18.9 Å². The molecule has 1 aliphatic heterocycles. The summed E-state index contributed by atoms with van der Waals surface area (Å²) in [6.07, 6.45) is 0. The zero-order valence-corrected chi connectivity index (χ0v) is 12.1. The van der Waals surface area contributed by atoms with Crippen molar-refractivity contribution in [3.8, 4) is 0 Å². The van der Waals surface area contributed by atoms with Gasteiger partial charge in [0, 0.05) is 35.5 Å². The van der Waals surface area contributed by atoms with Crippen molar-refractivity contribution in [2.45, 2.75) is 13.1 Å². The zero-order valence-electron chi connectivity index (χ0n) is 12.1. The summed E-state index contributed by atoms with van der Waals surface area (Å²) < 4.78 is 40.7. The second-order valence-corrected chi connectivity index (χ2v) is 5.34. The molecule has 0 bridgehead atoms. The minimum atomic E-state index is -0.961. The molecule has 7 heteroatoms. The Bertz CT molecular complexity index is 756. The van der Waals surface area contributed by atoms with E-state index in [2.05, 4.69) is 5.32 Å². The number of benzene rings is 2. The summed E-state index contributed by atoms with van der Waals surface area (Å²) in [5, 5.41) is 3.10. The zero-order chi connectivity index (χ0) is 16.6. The van der Waals surface area contributed by atoms with Crippen LogP contribution in [0.5, 0.6) is 0 Å². The van der Waals surface area contributed by atoms with Crippen molar-refractivity contribution >= 4 is 11.6 Å². The number of fused-ring (bicyclic) bond motifs is 1. The number of nitrogens with one attached hydrogen (secondary N) is 1. The first-order valence-corrected chi connectivity index (χ1v) is 6.97. The van der Waals surface area contributed by atoms with Crippen LogP contribution in [-0.4, -0.2) is 12.6 Å². The van der Waals surface area contributed by atoms with Crippen LogP contribution in [0, 0.1) is 17.5 Å². The third-order valence-electron chi connectivity index (χ3n) is 3.78. The van der Waals surface area contributed by atoms with E-state index in [-0.39, 0.29) is 12.1 Å². The Morgan fingerprint density at radius 1 is 1.17 bits per heavy atom. The topological polar surface area (TPSA) is 58.4 Å². The van der Waals surface area contributed by atoms with Crippen LogP contribution < -0.4 is 16.0 Å². The molecule has 0 spiro atoms. The second-order valence-electron chi connectivity index (χ2n) is 5.34. The SMILES string of the molecule is NC(=O)c1ccc2c(c1)N(Cc1c(F)cc(F)cc1F)CNC2. The first-order valence-electron chi connectivity index (χ1n) is 6.97. The van der Waals surface area contributed by atoms with Crippen LogP contribution in [0.25, 0.3) is 0 Å². The fraction of sp³-hybridized carbons (Fsp3) is 0.188. The number of rotatable bonds is 3. The fourth-order valence-corrected chi connectivity index (χ4v) is 2.63. The first-order chi connectivity index (χ1) is 11.0. The van der Waals surface area contributed by atoms with Crippen molar-refractivity contribution in [2.24, 2.45) is 5.73 Å². The van der Waals surface area contributed by atoms with Gasteiger partial charge >= 0.3 is 0 Å². The molecular formula is C16H14F3N3O. The van der Waals surface area contributed by atoms with Gasteiger partial charge in [-0.15, -0.1) is 0 Å². The summed E-state index contributed by atoms with van der Waals surface area (Å²) >= 11 is 0. The number of carbonyl (C=O) groups is 1. The smallest absolute Gasteiger partial charge is 0.248 e. The molecule has 1 heterocycles. The Balaban J connectivity index is 1.97. The van der Waals surface area contributed by atoms with Crippen LogP contribution in [0.1, 0.15) is 21.5 Å². The van der Waals surface area contributed by atoms with Gasteiger partial charge in [0.05, 0.1) is 13.2 Å². The highest BCUT2D eigenvalue weighted by atomic mass is 19.1. The molecule has 23 heavy (non-hydrogen) atoms. The van der Waals surface area contributed by atoms with E-state index in [0.717, 1.165) is 5.56 Å². The van der Waals surface area contributed by atoms with Crippen LogP contribution in [-0.2, 0) is 13.1 Å². The highest BCUT2D eigenvalue weighted by molar-refractivity contribution is 5.94. The summed E-state index contributed by atoms with van der Waals surface area (Å²) in [4.78, 5) is 13.0. The normalized spacial score (nSPS) is 13.8. The van der Waals surface area contributed by atoms with E-state index in [1.165, 1.54) is 0 Å². The van der Waals surface area contributed by atoms with Gasteiger partial charge < -0.3 is 10.6 Å². The third-order valence-corrected chi connectivity index (χ3v) is 3.78. The summed E-state index contributed by atoms with van der Waals surface area (Å²) in [5.74, 6) is -3.43. The molecule has 0 saturated carbocycles. The van der Waals surface area contributed by atoms with Gasteiger partial charge in [-0.05, 0) is 17.7 Å². The number of amides is 1. The van der Waals surface area contributed by atoms with Gasteiger partial charge in [-0.3, -0.25) is 10.1 Å². The molecule has 3 N–H and O–H groups in total. The van der Waals surface area contributed by atoms with Crippen molar-refractivity contribution in [3.63, 3.8) is 0 Å². The lowest BCUT2D eigenvalue weighted by atomic mass is 10.0. The molecular weight excluding hydrogens is 307 g/mol. The predicted molar refractivity (Wildman–Crippen MR) is 79.2 cm³/mol. The standard InChI is InChI=1S/C16H14F3N3O/c17-11-4-13(18)12(14(19)5-11)7-22-8-21-6-10-2-1-9(16(20)23)3-15(10)22/h1-5,21H,6-8H2,(H2,20,23). The Hall–Kier alpha value is -2.54. The Morgan fingerprint density at radius 2 is 1.87 bits per heavy atom. The monoisotopic (exact) mass is 321 g/mol. The largest absolute Gasteiger partial charge is 0.366 e. The van der Waals surface area contributed by atoms with E-state index >= 15 is 0 Å². The van der Waals surface area contributed by atoms with Crippen molar-refractivity contribution in [1.82, 2.24) is 5.32 Å². The van der Waals surface area contributed by atoms with Crippen LogP contribution >= 0.6 is 0 Å². The van der Waals surface area contributed by atoms with Crippen molar-refractivity contribution in [2.75, 3.05) is 11.6 Å². The molecule has 2 aromatic carbocycles. The number of nitrogens with two attached hydrogens (primary N) is 1. The van der Waals surface area contributed by atoms with Gasteiger partial charge in [0.15, 0.2) is 0 Å². The molecule has 0 fully saturated rings. The maximum Gasteiger partial charge on any atom is 0.248 e. The van der Waals surface area contributed by atoms with E-state index in [9.17, 15) is 18.0 Å². The number of anilines is 1. The summed E-state index contributed by atoms with van der Waals surface area (Å²) in [6.45, 7) is 0.810. The number of halogens is 3. The maximum atomic E-state index is 13.8. The van der Waals surface area contributed by atoms with E-state index in [4.69, 9.17) is 5.73 Å². The summed E-state index contributed by atoms with van der Waals surface area (Å²) in [7, 11) is 0. The Kier molecular flexibility index (Phi) is 3.96. The number of hydrogen-bond donors (Lipinski definition) is 2. The van der Waals surface area contributed by atoms with Crippen molar-refractivity contribution in [3.05, 3.63) is 64.5 Å². The third kappa shape index (κ3) is 3.00. The van der Waals surface area contributed by atoms with Gasteiger partial charge in [-0.1, -0.05) is 6.07 Å². The molecule has 1 aliphatic rings. The van der Waals surface area contributed by atoms with Crippen molar-refractivity contribution < 1.29 is 18.0 Å². The van der Waals surface area contributed by atoms with Crippen LogP contribution in [0.2, 0.25) is 0 Å². The lowest BCUT2D eigenvalue weighted by Gasteiger charge is -2.32. The molecule has 0 atom stereocenters. The first kappa shape index (κ1) is 15.4. The molecule has 0 saturated heterocycles. The molecule has 4 nitrogen and oxygen atoms in total. The summed E-state index contributed by atoms with van der Waals surface area (Å²) in [5.41, 5.74) is 6.91. The molecule has 0 aromatic heterocycles. The molecule has 120 valence electrons. The average Bonchev–Trinajstić information content (AvgIpc) is 2.50. The highest BCUT2D eigenvalue weighted by Crippen LogP contribution is 2.28. The Morgan fingerprint density at radius 3 is 2.52 bits per heavy atom. The molecule has 0 unspecified atom stereocenters. The van der Waals surface area contributed by atoms with Gasteiger partial charge in [-0.25, -0.2) is 13.2 Å². The lowest BCUT2D eigenvalue weighted by Crippen LogP contribution is -2.39. The number of carbonyl (C=O) groups excluding carboxylic acids is 1. The molecule has 0 radical (unpaired) electrons. The molecule has 3 rings (SSSR count). The van der Waals surface area contributed by atoms with Crippen molar-refractivity contribution in [1.29, 1.82) is 0 Å². The van der Waals surface area contributed by atoms with Gasteiger partial charge in [-0.2, -0.15) is 0 Å². The average molecular weight is 321 g/mol. The highest BCUT2D eigenvalue weighted by Gasteiger charge is 2.21. The summed E-state index contributed by atoms with van der Waals surface area (Å²) in [6, 6.07) is 6.24. The number of primary amides is 1. The van der Waals surface area contributed by atoms with Crippen LogP contribution in [0.3, 0.4) is 0 Å². The molecule has 1 amide bonds. The molecule has 0 aliphatic carbocycles. The minimum absolute atomic E-state index is 0.0971. The van der Waals surface area contributed by atoms with Gasteiger partial charge in [0.25, 0.3) is 0 Å². The minimum Gasteiger partial charge on any atom is -0.366 e. The van der Waals surface area contributed by atoms with E-state index in [1.807, 2.05) is 0 Å². The van der Waals surface area contributed by atoms with E-state index in [0.29, 0.717) is 36.6 Å².